The maximum atomic E-state index is 10.8. The van der Waals surface area contributed by atoms with Crippen LogP contribution in [0.15, 0.2) is 17.1 Å². The molecular formula is C8H12N2O. The largest absolute Gasteiger partial charge is 0.345 e. The number of H-pyrrole nitrogens is 1. The lowest BCUT2D eigenvalue weighted by molar-refractivity contribution is 0.564. The van der Waals surface area contributed by atoms with Gasteiger partial charge in [-0.1, -0.05) is 20.8 Å². The highest BCUT2D eigenvalue weighted by molar-refractivity contribution is 5.09. The quantitative estimate of drug-likeness (QED) is 0.604. The van der Waals surface area contributed by atoms with Gasteiger partial charge >= 0.3 is 5.69 Å². The summed E-state index contributed by atoms with van der Waals surface area (Å²) in [6, 6.07) is 1.82. The summed E-state index contributed by atoms with van der Waals surface area (Å²) in [6.07, 6.45) is 1.62. The van der Waals surface area contributed by atoms with Crippen LogP contribution < -0.4 is 5.69 Å². The molecule has 1 aromatic rings. The SMILES string of the molecule is CC(C)(C)c1cc[nH]c(=O)n1. The Kier molecular flexibility index (Phi) is 1.81. The highest BCUT2D eigenvalue weighted by Crippen LogP contribution is 2.17. The van der Waals surface area contributed by atoms with E-state index in [1.165, 1.54) is 0 Å². The Morgan fingerprint density at radius 1 is 1.45 bits per heavy atom. The van der Waals surface area contributed by atoms with E-state index in [1.54, 1.807) is 6.20 Å². The Balaban J connectivity index is 3.16. The molecule has 11 heavy (non-hydrogen) atoms. The van der Waals surface area contributed by atoms with E-state index >= 15 is 0 Å². The molecule has 1 heterocycles. The minimum absolute atomic E-state index is 0.0474. The molecule has 0 fully saturated rings. The molecule has 1 aromatic heterocycles. The smallest absolute Gasteiger partial charge is 0.313 e. The van der Waals surface area contributed by atoms with Crippen LogP contribution in [0.1, 0.15) is 26.5 Å². The Hall–Kier alpha value is -1.12. The average molecular weight is 152 g/mol. The molecule has 60 valence electrons. The van der Waals surface area contributed by atoms with Crippen LogP contribution >= 0.6 is 0 Å². The van der Waals surface area contributed by atoms with Crippen molar-refractivity contribution in [2.75, 3.05) is 0 Å². The third kappa shape index (κ3) is 1.90. The van der Waals surface area contributed by atoms with Crippen LogP contribution in [0.5, 0.6) is 0 Å². The third-order valence-electron chi connectivity index (χ3n) is 1.44. The van der Waals surface area contributed by atoms with E-state index in [-0.39, 0.29) is 11.1 Å². The summed E-state index contributed by atoms with van der Waals surface area (Å²) in [5.41, 5.74) is 0.493. The van der Waals surface area contributed by atoms with Crippen LogP contribution in [0.25, 0.3) is 0 Å². The zero-order valence-electron chi connectivity index (χ0n) is 7.01. The van der Waals surface area contributed by atoms with E-state index in [1.807, 2.05) is 26.8 Å². The molecule has 0 bridgehead atoms. The van der Waals surface area contributed by atoms with Gasteiger partial charge in [-0.3, -0.25) is 0 Å². The van der Waals surface area contributed by atoms with Gasteiger partial charge in [0.1, 0.15) is 0 Å². The first kappa shape index (κ1) is 7.98. The second-order valence-electron chi connectivity index (χ2n) is 3.53. The topological polar surface area (TPSA) is 45.8 Å². The molecule has 3 heteroatoms. The predicted molar refractivity (Wildman–Crippen MR) is 43.6 cm³/mol. The summed E-state index contributed by atoms with van der Waals surface area (Å²) in [7, 11) is 0. The highest BCUT2D eigenvalue weighted by Gasteiger charge is 2.14. The molecule has 0 aliphatic rings. The molecule has 0 unspecified atom stereocenters. The maximum absolute atomic E-state index is 10.8. The van der Waals surface area contributed by atoms with Crippen molar-refractivity contribution in [1.29, 1.82) is 0 Å². The number of hydrogen-bond acceptors (Lipinski definition) is 2. The summed E-state index contributed by atoms with van der Waals surface area (Å²) < 4.78 is 0. The molecule has 0 radical (unpaired) electrons. The third-order valence-corrected chi connectivity index (χ3v) is 1.44. The summed E-state index contributed by atoms with van der Waals surface area (Å²) >= 11 is 0. The van der Waals surface area contributed by atoms with Gasteiger partial charge in [-0.2, -0.15) is 4.98 Å². The Labute approximate surface area is 65.5 Å². The Morgan fingerprint density at radius 3 is 2.45 bits per heavy atom. The van der Waals surface area contributed by atoms with Gasteiger partial charge in [0.05, 0.1) is 5.69 Å². The number of rotatable bonds is 0. The molecule has 0 aliphatic carbocycles. The molecule has 1 rings (SSSR count). The van der Waals surface area contributed by atoms with E-state index < -0.39 is 0 Å². The first-order valence-electron chi connectivity index (χ1n) is 3.56. The Morgan fingerprint density at radius 2 is 2.09 bits per heavy atom. The summed E-state index contributed by atoms with van der Waals surface area (Å²) in [6.45, 7) is 6.07. The van der Waals surface area contributed by atoms with E-state index in [9.17, 15) is 4.79 Å². The standard InChI is InChI=1S/C8H12N2O/c1-8(2,3)6-4-5-9-7(11)10-6/h4-5H,1-3H3,(H,9,10,11). The molecule has 0 atom stereocenters. The second-order valence-corrected chi connectivity index (χ2v) is 3.53. The lowest BCUT2D eigenvalue weighted by atomic mass is 9.92. The van der Waals surface area contributed by atoms with Gasteiger partial charge < -0.3 is 4.98 Å². The molecule has 0 saturated carbocycles. The average Bonchev–Trinajstić information content (AvgIpc) is 1.86. The number of hydrogen-bond donors (Lipinski definition) is 1. The predicted octanol–water partition coefficient (Wildman–Crippen LogP) is 1.07. The van der Waals surface area contributed by atoms with Gasteiger partial charge in [-0.05, 0) is 6.07 Å². The fraction of sp³-hybridized carbons (Fsp3) is 0.500. The molecule has 0 amide bonds. The summed E-state index contributed by atoms with van der Waals surface area (Å²) in [4.78, 5) is 17.1. The van der Waals surface area contributed by atoms with Crippen molar-refractivity contribution < 1.29 is 0 Å². The lowest BCUT2D eigenvalue weighted by Gasteiger charge is -2.15. The molecule has 0 saturated heterocycles. The van der Waals surface area contributed by atoms with Crippen molar-refractivity contribution in [3.8, 4) is 0 Å². The van der Waals surface area contributed by atoms with Gasteiger partial charge in [0, 0.05) is 11.6 Å². The van der Waals surface area contributed by atoms with E-state index in [4.69, 9.17) is 0 Å². The van der Waals surface area contributed by atoms with Crippen LogP contribution in [0.2, 0.25) is 0 Å². The second kappa shape index (κ2) is 2.49. The van der Waals surface area contributed by atoms with Gasteiger partial charge in [0.2, 0.25) is 0 Å². The number of nitrogens with one attached hydrogen (secondary N) is 1. The number of nitrogens with zero attached hydrogens (tertiary/aromatic N) is 1. The minimum Gasteiger partial charge on any atom is -0.313 e. The van der Waals surface area contributed by atoms with Gasteiger partial charge in [0.15, 0.2) is 0 Å². The van der Waals surface area contributed by atoms with E-state index in [0.717, 1.165) is 5.69 Å². The van der Waals surface area contributed by atoms with E-state index in [2.05, 4.69) is 9.97 Å². The first-order chi connectivity index (χ1) is 5.00. The monoisotopic (exact) mass is 152 g/mol. The van der Waals surface area contributed by atoms with Crippen LogP contribution in [-0.4, -0.2) is 9.97 Å². The number of aromatic nitrogens is 2. The maximum Gasteiger partial charge on any atom is 0.345 e. The lowest BCUT2D eigenvalue weighted by Crippen LogP contribution is -2.20. The van der Waals surface area contributed by atoms with Crippen molar-refractivity contribution in [3.05, 3.63) is 28.4 Å². The highest BCUT2D eigenvalue weighted by atomic mass is 16.1. The molecule has 3 nitrogen and oxygen atoms in total. The van der Waals surface area contributed by atoms with Crippen LogP contribution in [0.4, 0.5) is 0 Å². The molecule has 0 spiro atoms. The van der Waals surface area contributed by atoms with Crippen LogP contribution in [-0.2, 0) is 5.41 Å². The summed E-state index contributed by atoms with van der Waals surface area (Å²) in [5.74, 6) is 0. The van der Waals surface area contributed by atoms with Crippen LogP contribution in [0, 0.1) is 0 Å². The normalized spacial score (nSPS) is 11.5. The molecule has 0 aromatic carbocycles. The molecule has 1 N–H and O–H groups in total. The zero-order valence-corrected chi connectivity index (χ0v) is 7.01. The summed E-state index contributed by atoms with van der Waals surface area (Å²) in [5, 5.41) is 0. The minimum atomic E-state index is -0.280. The molecule has 0 aliphatic heterocycles. The fourth-order valence-corrected chi connectivity index (χ4v) is 0.789. The van der Waals surface area contributed by atoms with Gasteiger partial charge in [0.25, 0.3) is 0 Å². The molecular weight excluding hydrogens is 140 g/mol. The first-order valence-corrected chi connectivity index (χ1v) is 3.56. The van der Waals surface area contributed by atoms with E-state index in [0.29, 0.717) is 0 Å². The van der Waals surface area contributed by atoms with Crippen molar-refractivity contribution in [2.45, 2.75) is 26.2 Å². The number of aromatic amines is 1. The fourth-order valence-electron chi connectivity index (χ4n) is 0.789. The van der Waals surface area contributed by atoms with Crippen molar-refractivity contribution >= 4 is 0 Å². The van der Waals surface area contributed by atoms with Gasteiger partial charge in [-0.15, -0.1) is 0 Å². The zero-order chi connectivity index (χ0) is 8.48. The van der Waals surface area contributed by atoms with Crippen LogP contribution in [0.3, 0.4) is 0 Å². The van der Waals surface area contributed by atoms with Crippen molar-refractivity contribution in [3.63, 3.8) is 0 Å². The van der Waals surface area contributed by atoms with Gasteiger partial charge in [-0.25, -0.2) is 4.79 Å². The van der Waals surface area contributed by atoms with Crippen molar-refractivity contribution in [1.82, 2.24) is 9.97 Å². The Bertz CT molecular complexity index is 295. The van der Waals surface area contributed by atoms with Crippen molar-refractivity contribution in [2.24, 2.45) is 0 Å².